The molecule has 0 aliphatic carbocycles. The Bertz CT molecular complexity index is 717. The van der Waals surface area contributed by atoms with Gasteiger partial charge >= 0.3 is 5.97 Å². The smallest absolute Gasteiger partial charge is 0.338 e. The Morgan fingerprint density at radius 1 is 1.26 bits per heavy atom. The van der Waals surface area contributed by atoms with E-state index < -0.39 is 5.97 Å². The van der Waals surface area contributed by atoms with Crippen LogP contribution in [-0.4, -0.2) is 17.0 Å². The fourth-order valence-corrected chi connectivity index (χ4v) is 3.17. The summed E-state index contributed by atoms with van der Waals surface area (Å²) in [5, 5.41) is 14.3. The van der Waals surface area contributed by atoms with Crippen molar-refractivity contribution in [2.45, 2.75) is 20.3 Å². The summed E-state index contributed by atoms with van der Waals surface area (Å²) in [6, 6.07) is 9.45. The monoisotopic (exact) mass is 329 g/mol. The predicted molar refractivity (Wildman–Crippen MR) is 93.9 cm³/mol. The van der Waals surface area contributed by atoms with E-state index in [9.17, 15) is 14.7 Å². The van der Waals surface area contributed by atoms with Gasteiger partial charge in [-0.2, -0.15) is 0 Å². The molecule has 0 radical (unpaired) electrons. The molecule has 0 aliphatic heterocycles. The molecule has 2 rings (SSSR count). The molecular formula is C18H19NO3S. The summed E-state index contributed by atoms with van der Waals surface area (Å²) in [4.78, 5) is 23.5. The molecule has 0 unspecified atom stereocenters. The van der Waals surface area contributed by atoms with Crippen LogP contribution < -0.4 is 5.32 Å². The molecule has 0 bridgehead atoms. The highest BCUT2D eigenvalue weighted by molar-refractivity contribution is 7.15. The molecule has 1 aromatic carbocycles. The fraction of sp³-hybridized carbons (Fsp3) is 0.222. The normalized spacial score (nSPS) is 11.1. The van der Waals surface area contributed by atoms with E-state index in [0.29, 0.717) is 17.3 Å². The Morgan fingerprint density at radius 2 is 1.96 bits per heavy atom. The number of amides is 1. The third-order valence-corrected chi connectivity index (χ3v) is 4.12. The van der Waals surface area contributed by atoms with Gasteiger partial charge in [-0.1, -0.05) is 44.2 Å². The van der Waals surface area contributed by atoms with Gasteiger partial charge in [0.05, 0.1) is 5.56 Å². The Labute approximate surface area is 139 Å². The van der Waals surface area contributed by atoms with Gasteiger partial charge in [-0.25, -0.2) is 4.79 Å². The van der Waals surface area contributed by atoms with Crippen LogP contribution in [0.5, 0.6) is 0 Å². The van der Waals surface area contributed by atoms with Crippen molar-refractivity contribution in [2.24, 2.45) is 5.92 Å². The first-order valence-electron chi connectivity index (χ1n) is 7.35. The van der Waals surface area contributed by atoms with E-state index in [1.165, 1.54) is 17.4 Å². The molecular weight excluding hydrogens is 310 g/mol. The molecule has 0 atom stereocenters. The molecule has 2 N–H and O–H groups in total. The highest BCUT2D eigenvalue weighted by Gasteiger charge is 2.19. The third kappa shape index (κ3) is 4.79. The quantitative estimate of drug-likeness (QED) is 0.777. The SMILES string of the molecule is CC(C)Cc1csc(NC(=O)/C=C/c2ccccc2)c1C(=O)O. The number of carboxylic acids is 1. The summed E-state index contributed by atoms with van der Waals surface area (Å²) in [6.07, 6.45) is 3.77. The number of anilines is 1. The second-order valence-electron chi connectivity index (χ2n) is 5.60. The van der Waals surface area contributed by atoms with E-state index in [1.807, 2.05) is 44.2 Å². The van der Waals surface area contributed by atoms with Gasteiger partial charge in [-0.15, -0.1) is 11.3 Å². The lowest BCUT2D eigenvalue weighted by Gasteiger charge is -2.06. The molecule has 0 aliphatic rings. The molecule has 5 heteroatoms. The highest BCUT2D eigenvalue weighted by Crippen LogP contribution is 2.30. The van der Waals surface area contributed by atoms with Crippen molar-refractivity contribution in [1.82, 2.24) is 0 Å². The number of rotatable bonds is 6. The van der Waals surface area contributed by atoms with Crippen molar-refractivity contribution < 1.29 is 14.7 Å². The topological polar surface area (TPSA) is 66.4 Å². The van der Waals surface area contributed by atoms with E-state index in [0.717, 1.165) is 11.1 Å². The maximum atomic E-state index is 12.0. The summed E-state index contributed by atoms with van der Waals surface area (Å²) in [7, 11) is 0. The van der Waals surface area contributed by atoms with E-state index in [2.05, 4.69) is 5.32 Å². The number of carbonyl (C=O) groups excluding carboxylic acids is 1. The van der Waals surface area contributed by atoms with Crippen LogP contribution in [-0.2, 0) is 11.2 Å². The Kier molecular flexibility index (Phi) is 5.71. The van der Waals surface area contributed by atoms with Gasteiger partial charge in [0.25, 0.3) is 0 Å². The first-order chi connectivity index (χ1) is 11.0. The summed E-state index contributed by atoms with van der Waals surface area (Å²) in [5.74, 6) is -0.997. The van der Waals surface area contributed by atoms with E-state index in [4.69, 9.17) is 0 Å². The number of aromatic carboxylic acids is 1. The molecule has 0 saturated heterocycles. The number of thiophene rings is 1. The van der Waals surface area contributed by atoms with Crippen molar-refractivity contribution in [1.29, 1.82) is 0 Å². The van der Waals surface area contributed by atoms with Crippen molar-refractivity contribution in [3.63, 3.8) is 0 Å². The average molecular weight is 329 g/mol. The average Bonchev–Trinajstić information content (AvgIpc) is 2.88. The van der Waals surface area contributed by atoms with Crippen molar-refractivity contribution in [3.05, 3.63) is 58.5 Å². The Balaban J connectivity index is 2.13. The van der Waals surface area contributed by atoms with Crippen molar-refractivity contribution in [2.75, 3.05) is 5.32 Å². The first-order valence-corrected chi connectivity index (χ1v) is 8.23. The fourth-order valence-electron chi connectivity index (χ4n) is 2.20. The van der Waals surface area contributed by atoms with Crippen LogP contribution >= 0.6 is 11.3 Å². The molecule has 1 heterocycles. The number of nitrogens with one attached hydrogen (secondary N) is 1. The van der Waals surface area contributed by atoms with E-state index in [1.54, 1.807) is 11.5 Å². The lowest BCUT2D eigenvalue weighted by molar-refractivity contribution is -0.111. The third-order valence-electron chi connectivity index (χ3n) is 3.17. The minimum absolute atomic E-state index is 0.199. The number of hydrogen-bond donors (Lipinski definition) is 2. The number of carbonyl (C=O) groups is 2. The molecule has 1 aromatic heterocycles. The molecule has 2 aromatic rings. The van der Waals surface area contributed by atoms with Gasteiger partial charge in [-0.05, 0) is 34.9 Å². The molecule has 4 nitrogen and oxygen atoms in total. The lowest BCUT2D eigenvalue weighted by Crippen LogP contribution is -2.11. The molecule has 120 valence electrons. The largest absolute Gasteiger partial charge is 0.478 e. The van der Waals surface area contributed by atoms with Crippen LogP contribution in [0.15, 0.2) is 41.8 Å². The Hall–Kier alpha value is -2.40. The summed E-state index contributed by atoms with van der Waals surface area (Å²) >= 11 is 1.25. The second kappa shape index (κ2) is 7.74. The minimum Gasteiger partial charge on any atom is -0.478 e. The van der Waals surface area contributed by atoms with Crippen LogP contribution in [0.4, 0.5) is 5.00 Å². The number of hydrogen-bond acceptors (Lipinski definition) is 3. The van der Waals surface area contributed by atoms with Gasteiger partial charge in [0.1, 0.15) is 5.00 Å². The lowest BCUT2D eigenvalue weighted by atomic mass is 10.0. The van der Waals surface area contributed by atoms with Crippen LogP contribution in [0, 0.1) is 5.92 Å². The standard InChI is InChI=1S/C18H19NO3S/c1-12(2)10-14-11-23-17(16(14)18(21)22)19-15(20)9-8-13-6-4-3-5-7-13/h3-9,11-12H,10H2,1-2H3,(H,19,20)(H,21,22)/b9-8+. The number of benzene rings is 1. The maximum Gasteiger partial charge on any atom is 0.338 e. The van der Waals surface area contributed by atoms with Crippen LogP contribution in [0.25, 0.3) is 6.08 Å². The van der Waals surface area contributed by atoms with E-state index in [-0.39, 0.29) is 11.5 Å². The zero-order valence-corrected chi connectivity index (χ0v) is 13.9. The van der Waals surface area contributed by atoms with Crippen molar-refractivity contribution >= 4 is 34.3 Å². The van der Waals surface area contributed by atoms with Gasteiger partial charge < -0.3 is 10.4 Å². The summed E-state index contributed by atoms with van der Waals surface area (Å²) in [6.45, 7) is 4.06. The predicted octanol–water partition coefficient (Wildman–Crippen LogP) is 4.30. The minimum atomic E-state index is -1.01. The molecule has 1 amide bonds. The van der Waals surface area contributed by atoms with Crippen LogP contribution in [0.3, 0.4) is 0 Å². The zero-order valence-electron chi connectivity index (χ0n) is 13.1. The molecule has 0 saturated carbocycles. The van der Waals surface area contributed by atoms with Gasteiger partial charge in [0.15, 0.2) is 0 Å². The molecule has 23 heavy (non-hydrogen) atoms. The summed E-state index contributed by atoms with van der Waals surface area (Å²) < 4.78 is 0. The summed E-state index contributed by atoms with van der Waals surface area (Å²) in [5.41, 5.74) is 1.87. The second-order valence-corrected chi connectivity index (χ2v) is 6.48. The van der Waals surface area contributed by atoms with Crippen LogP contribution in [0.1, 0.15) is 35.3 Å². The maximum absolute atomic E-state index is 12.0. The molecule has 0 spiro atoms. The van der Waals surface area contributed by atoms with Gasteiger partial charge in [0.2, 0.25) is 5.91 Å². The number of carboxylic acid groups (broad SMARTS) is 1. The van der Waals surface area contributed by atoms with Gasteiger partial charge in [-0.3, -0.25) is 4.79 Å². The zero-order chi connectivity index (χ0) is 16.8. The molecule has 0 fully saturated rings. The van der Waals surface area contributed by atoms with E-state index >= 15 is 0 Å². The Morgan fingerprint density at radius 3 is 2.57 bits per heavy atom. The van der Waals surface area contributed by atoms with Crippen LogP contribution in [0.2, 0.25) is 0 Å². The first kappa shape index (κ1) is 17.0. The van der Waals surface area contributed by atoms with Crippen molar-refractivity contribution in [3.8, 4) is 0 Å². The van der Waals surface area contributed by atoms with Gasteiger partial charge in [0, 0.05) is 6.08 Å². The highest BCUT2D eigenvalue weighted by atomic mass is 32.1.